The number of hydrogen-bond donors (Lipinski definition) is 1. The van der Waals surface area contributed by atoms with Crippen molar-refractivity contribution in [2.75, 3.05) is 6.54 Å². The van der Waals surface area contributed by atoms with Crippen molar-refractivity contribution >= 4 is 21.8 Å². The van der Waals surface area contributed by atoms with Crippen molar-refractivity contribution in [1.29, 1.82) is 0 Å². The van der Waals surface area contributed by atoms with Crippen LogP contribution in [0.2, 0.25) is 0 Å². The summed E-state index contributed by atoms with van der Waals surface area (Å²) in [5.74, 6) is 2.16. The Morgan fingerprint density at radius 3 is 2.71 bits per heavy atom. The highest BCUT2D eigenvalue weighted by molar-refractivity contribution is 9.09. The van der Waals surface area contributed by atoms with Crippen LogP contribution in [0, 0.1) is 17.8 Å². The second-order valence-electron chi connectivity index (χ2n) is 4.54. The number of nitrogens with one attached hydrogen (secondary N) is 1. The maximum Gasteiger partial charge on any atom is 0.223 e. The summed E-state index contributed by atoms with van der Waals surface area (Å²) in [7, 11) is 0. The van der Waals surface area contributed by atoms with Crippen molar-refractivity contribution < 1.29 is 4.79 Å². The quantitative estimate of drug-likeness (QED) is 0.772. The number of fused-ring (bicyclic) bond motifs is 1. The molecule has 0 heterocycles. The lowest BCUT2D eigenvalue weighted by Gasteiger charge is -2.09. The molecule has 0 aromatic rings. The standard InChI is InChI=1S/C11H18BrNO/c1-2-7(12)6-13-11(14)10-8-4-3-5-9(8)10/h7-10H,2-6H2,1H3,(H,13,14). The Balaban J connectivity index is 1.70. The first-order chi connectivity index (χ1) is 6.74. The summed E-state index contributed by atoms with van der Waals surface area (Å²) in [4.78, 5) is 12.1. The molecule has 0 radical (unpaired) electrons. The van der Waals surface area contributed by atoms with Gasteiger partial charge in [-0.2, -0.15) is 0 Å². The average molecular weight is 260 g/mol. The highest BCUT2D eigenvalue weighted by Crippen LogP contribution is 2.57. The average Bonchev–Trinajstić information content (AvgIpc) is 2.68. The van der Waals surface area contributed by atoms with E-state index in [1.54, 1.807) is 0 Å². The summed E-state index contributed by atoms with van der Waals surface area (Å²) >= 11 is 3.52. The molecule has 1 amide bonds. The third-order valence-corrected chi connectivity index (χ3v) is 4.62. The van der Waals surface area contributed by atoms with Crippen LogP contribution in [0.5, 0.6) is 0 Å². The van der Waals surface area contributed by atoms with E-state index in [-0.39, 0.29) is 0 Å². The SMILES string of the molecule is CCC(Br)CNC(=O)C1C2CCCC21. The van der Waals surface area contributed by atoms with Gasteiger partial charge in [-0.05, 0) is 31.1 Å². The number of hydrogen-bond acceptors (Lipinski definition) is 1. The fourth-order valence-electron chi connectivity index (χ4n) is 2.68. The predicted molar refractivity (Wildman–Crippen MR) is 60.3 cm³/mol. The lowest BCUT2D eigenvalue weighted by atomic mass is 10.1. The highest BCUT2D eigenvalue weighted by Gasteiger charge is 2.56. The molecule has 80 valence electrons. The Kier molecular flexibility index (Phi) is 3.15. The molecule has 2 aliphatic carbocycles. The number of halogens is 1. The van der Waals surface area contributed by atoms with Crippen molar-refractivity contribution in [2.45, 2.75) is 37.4 Å². The number of carbonyl (C=O) groups excluding carboxylic acids is 1. The van der Waals surface area contributed by atoms with E-state index in [2.05, 4.69) is 28.2 Å². The molecule has 2 fully saturated rings. The normalized spacial score (nSPS) is 36.3. The molecule has 0 aromatic carbocycles. The number of amides is 1. The zero-order valence-electron chi connectivity index (χ0n) is 8.63. The minimum atomic E-state index is 0.303. The molecule has 2 nitrogen and oxygen atoms in total. The van der Waals surface area contributed by atoms with Crippen molar-refractivity contribution in [2.24, 2.45) is 17.8 Å². The zero-order valence-corrected chi connectivity index (χ0v) is 10.2. The van der Waals surface area contributed by atoms with Gasteiger partial charge in [0, 0.05) is 17.3 Å². The van der Waals surface area contributed by atoms with Gasteiger partial charge < -0.3 is 5.32 Å². The van der Waals surface area contributed by atoms with E-state index in [9.17, 15) is 4.79 Å². The van der Waals surface area contributed by atoms with Crippen LogP contribution < -0.4 is 5.32 Å². The van der Waals surface area contributed by atoms with Gasteiger partial charge in [-0.15, -0.1) is 0 Å². The van der Waals surface area contributed by atoms with Gasteiger partial charge in [0.2, 0.25) is 5.91 Å². The molecular weight excluding hydrogens is 242 g/mol. The molecular formula is C11H18BrNO. The Bertz CT molecular complexity index is 221. The summed E-state index contributed by atoms with van der Waals surface area (Å²) in [6.45, 7) is 2.91. The van der Waals surface area contributed by atoms with Gasteiger partial charge in [-0.1, -0.05) is 29.3 Å². The molecule has 2 saturated carbocycles. The lowest BCUT2D eigenvalue weighted by molar-refractivity contribution is -0.123. The maximum absolute atomic E-state index is 11.7. The van der Waals surface area contributed by atoms with Crippen LogP contribution in [-0.2, 0) is 4.79 Å². The fraction of sp³-hybridized carbons (Fsp3) is 0.909. The van der Waals surface area contributed by atoms with E-state index < -0.39 is 0 Å². The molecule has 0 aliphatic heterocycles. The van der Waals surface area contributed by atoms with Crippen LogP contribution in [0.25, 0.3) is 0 Å². The van der Waals surface area contributed by atoms with Crippen LogP contribution in [-0.4, -0.2) is 17.3 Å². The molecule has 3 heteroatoms. The summed E-state index contributed by atoms with van der Waals surface area (Å²) < 4.78 is 0. The molecule has 0 spiro atoms. The fourth-order valence-corrected chi connectivity index (χ4v) is 2.85. The van der Waals surface area contributed by atoms with E-state index in [4.69, 9.17) is 0 Å². The second-order valence-corrected chi connectivity index (χ2v) is 5.83. The maximum atomic E-state index is 11.7. The molecule has 0 saturated heterocycles. The van der Waals surface area contributed by atoms with Gasteiger partial charge in [0.25, 0.3) is 0 Å². The third kappa shape index (κ3) is 1.97. The summed E-state index contributed by atoms with van der Waals surface area (Å²) in [5.41, 5.74) is 0. The molecule has 14 heavy (non-hydrogen) atoms. The number of rotatable bonds is 4. The van der Waals surface area contributed by atoms with Gasteiger partial charge in [-0.3, -0.25) is 4.79 Å². The topological polar surface area (TPSA) is 29.1 Å². The van der Waals surface area contributed by atoms with Crippen LogP contribution in [0.1, 0.15) is 32.6 Å². The Morgan fingerprint density at radius 2 is 2.14 bits per heavy atom. The minimum absolute atomic E-state index is 0.303. The summed E-state index contributed by atoms with van der Waals surface area (Å²) in [5, 5.41) is 3.04. The molecule has 2 aliphatic rings. The Labute approximate surface area is 94.0 Å². The van der Waals surface area contributed by atoms with Gasteiger partial charge in [-0.25, -0.2) is 0 Å². The first-order valence-corrected chi connectivity index (χ1v) is 6.57. The number of alkyl halides is 1. The van der Waals surface area contributed by atoms with Crippen LogP contribution in [0.4, 0.5) is 0 Å². The molecule has 3 atom stereocenters. The van der Waals surface area contributed by atoms with Gasteiger partial charge in [0.15, 0.2) is 0 Å². The van der Waals surface area contributed by atoms with E-state index in [1.165, 1.54) is 19.3 Å². The van der Waals surface area contributed by atoms with Crippen LogP contribution in [0.15, 0.2) is 0 Å². The first kappa shape index (κ1) is 10.5. The van der Waals surface area contributed by atoms with E-state index in [0.717, 1.165) is 24.8 Å². The van der Waals surface area contributed by atoms with Crippen LogP contribution in [0.3, 0.4) is 0 Å². The monoisotopic (exact) mass is 259 g/mol. The first-order valence-electron chi connectivity index (χ1n) is 5.65. The van der Waals surface area contributed by atoms with E-state index >= 15 is 0 Å². The van der Waals surface area contributed by atoms with Crippen LogP contribution >= 0.6 is 15.9 Å². The largest absolute Gasteiger partial charge is 0.355 e. The summed E-state index contributed by atoms with van der Waals surface area (Å²) in [6, 6.07) is 0. The molecule has 3 unspecified atom stereocenters. The van der Waals surface area contributed by atoms with Crippen molar-refractivity contribution in [3.8, 4) is 0 Å². The predicted octanol–water partition coefficient (Wildman–Crippen LogP) is 2.32. The number of carbonyl (C=O) groups is 1. The third-order valence-electron chi connectivity index (χ3n) is 3.65. The zero-order chi connectivity index (χ0) is 10.1. The molecule has 1 N–H and O–H groups in total. The van der Waals surface area contributed by atoms with Gasteiger partial charge in [0.1, 0.15) is 0 Å². The minimum Gasteiger partial charge on any atom is -0.355 e. The van der Waals surface area contributed by atoms with Crippen molar-refractivity contribution in [1.82, 2.24) is 5.32 Å². The second kappa shape index (κ2) is 4.21. The van der Waals surface area contributed by atoms with E-state index in [1.807, 2.05) is 0 Å². The molecule has 0 aromatic heterocycles. The summed E-state index contributed by atoms with van der Waals surface area (Å²) in [6.07, 6.45) is 4.98. The van der Waals surface area contributed by atoms with E-state index in [0.29, 0.717) is 16.7 Å². The molecule has 2 rings (SSSR count). The highest BCUT2D eigenvalue weighted by atomic mass is 79.9. The van der Waals surface area contributed by atoms with Gasteiger partial charge >= 0.3 is 0 Å². The van der Waals surface area contributed by atoms with Gasteiger partial charge in [0.05, 0.1) is 0 Å². The lowest BCUT2D eigenvalue weighted by Crippen LogP contribution is -2.31. The van der Waals surface area contributed by atoms with Crippen molar-refractivity contribution in [3.05, 3.63) is 0 Å². The molecule has 0 bridgehead atoms. The Hall–Kier alpha value is -0.0500. The van der Waals surface area contributed by atoms with Crippen molar-refractivity contribution in [3.63, 3.8) is 0 Å². The Morgan fingerprint density at radius 1 is 1.50 bits per heavy atom. The smallest absolute Gasteiger partial charge is 0.223 e.